The summed E-state index contributed by atoms with van der Waals surface area (Å²) in [7, 11) is 1.43. The monoisotopic (exact) mass is 193 g/mol. The molecule has 6 nitrogen and oxygen atoms in total. The molecule has 0 aromatic rings. The number of aldehydes is 1. The molecule has 0 bridgehead atoms. The van der Waals surface area contributed by atoms with Gasteiger partial charge in [0.2, 0.25) is 0 Å². The van der Waals surface area contributed by atoms with Gasteiger partial charge in [-0.05, 0) is 7.05 Å². The second-order valence-corrected chi connectivity index (χ2v) is 2.68. The first-order valence-corrected chi connectivity index (χ1v) is 3.86. The largest absolute Gasteiger partial charge is 0.394 e. The summed E-state index contributed by atoms with van der Waals surface area (Å²) in [4.78, 5) is 10.3. The van der Waals surface area contributed by atoms with Crippen LogP contribution in [0.25, 0.3) is 0 Å². The van der Waals surface area contributed by atoms with Gasteiger partial charge >= 0.3 is 0 Å². The van der Waals surface area contributed by atoms with Gasteiger partial charge in [-0.2, -0.15) is 0 Å². The second-order valence-electron chi connectivity index (χ2n) is 2.68. The summed E-state index contributed by atoms with van der Waals surface area (Å²) in [6.07, 6.45) is -4.03. The molecule has 0 aliphatic heterocycles. The minimum absolute atomic E-state index is 0.415. The molecular formula is C7H15NO5. The Bertz CT molecular complexity index is 154. The van der Waals surface area contributed by atoms with E-state index in [1.54, 1.807) is 0 Å². The van der Waals surface area contributed by atoms with Crippen LogP contribution in [0.3, 0.4) is 0 Å². The minimum Gasteiger partial charge on any atom is -0.394 e. The zero-order valence-corrected chi connectivity index (χ0v) is 7.29. The normalized spacial score (nSPS) is 20.4. The first kappa shape index (κ1) is 12.5. The number of hydrogen-bond acceptors (Lipinski definition) is 6. The molecule has 0 radical (unpaired) electrons. The number of carbonyl (C=O) groups is 1. The molecule has 0 spiro atoms. The molecule has 0 amide bonds. The fourth-order valence-electron chi connectivity index (χ4n) is 0.867. The Kier molecular flexibility index (Phi) is 5.76. The molecule has 0 aromatic carbocycles. The van der Waals surface area contributed by atoms with Crippen LogP contribution >= 0.6 is 0 Å². The van der Waals surface area contributed by atoms with Crippen molar-refractivity contribution in [3.05, 3.63) is 0 Å². The number of aliphatic hydroxyl groups excluding tert-OH is 4. The third-order valence-corrected chi connectivity index (χ3v) is 1.78. The van der Waals surface area contributed by atoms with E-state index in [1.807, 2.05) is 0 Å². The van der Waals surface area contributed by atoms with Gasteiger partial charge in [0.05, 0.1) is 12.6 Å². The molecule has 13 heavy (non-hydrogen) atoms. The van der Waals surface area contributed by atoms with Gasteiger partial charge in [0.15, 0.2) is 0 Å². The Morgan fingerprint density at radius 1 is 1.31 bits per heavy atom. The molecule has 0 aliphatic carbocycles. The van der Waals surface area contributed by atoms with Gasteiger partial charge < -0.3 is 30.5 Å². The van der Waals surface area contributed by atoms with Crippen molar-refractivity contribution in [1.82, 2.24) is 5.32 Å². The number of nitrogens with one attached hydrogen (secondary N) is 1. The summed E-state index contributed by atoms with van der Waals surface area (Å²) >= 11 is 0. The van der Waals surface area contributed by atoms with Crippen molar-refractivity contribution >= 4 is 6.29 Å². The van der Waals surface area contributed by atoms with Gasteiger partial charge in [-0.25, -0.2) is 0 Å². The Morgan fingerprint density at radius 3 is 2.15 bits per heavy atom. The molecule has 0 aliphatic rings. The maximum absolute atomic E-state index is 10.3. The number of carbonyl (C=O) groups excluding carboxylic acids is 1. The fraction of sp³-hybridized carbons (Fsp3) is 0.857. The molecule has 0 saturated carbocycles. The molecular weight excluding hydrogens is 178 g/mol. The first-order chi connectivity index (χ1) is 6.08. The van der Waals surface area contributed by atoms with E-state index in [1.165, 1.54) is 7.05 Å². The lowest BCUT2D eigenvalue weighted by atomic mass is 10.0. The molecule has 0 fully saturated rings. The molecule has 0 aromatic heterocycles. The molecule has 5 N–H and O–H groups in total. The van der Waals surface area contributed by atoms with Crippen LogP contribution in [0.1, 0.15) is 0 Å². The van der Waals surface area contributed by atoms with E-state index in [9.17, 15) is 9.90 Å². The van der Waals surface area contributed by atoms with E-state index in [0.29, 0.717) is 6.29 Å². The van der Waals surface area contributed by atoms with Gasteiger partial charge in [-0.1, -0.05) is 0 Å². The van der Waals surface area contributed by atoms with Crippen LogP contribution in [-0.4, -0.2) is 64.7 Å². The smallest absolute Gasteiger partial charge is 0.139 e. The number of aliphatic hydroxyl groups is 4. The average Bonchev–Trinajstić information content (AvgIpc) is 2.17. The van der Waals surface area contributed by atoms with Gasteiger partial charge in [0.25, 0.3) is 0 Å². The molecule has 6 heteroatoms. The van der Waals surface area contributed by atoms with Crippen LogP contribution in [0, 0.1) is 0 Å². The van der Waals surface area contributed by atoms with E-state index in [4.69, 9.17) is 15.3 Å². The Morgan fingerprint density at radius 2 is 1.85 bits per heavy atom. The van der Waals surface area contributed by atoms with Gasteiger partial charge in [-0.3, -0.25) is 0 Å². The summed E-state index contributed by atoms with van der Waals surface area (Å²) < 4.78 is 0. The zero-order valence-electron chi connectivity index (χ0n) is 7.29. The van der Waals surface area contributed by atoms with Gasteiger partial charge in [0, 0.05) is 0 Å². The molecule has 0 saturated heterocycles. The SMILES string of the molecule is CN[C@H](C=O)[C@H](O)[C@@H](O)[C@@H](O)CO. The quantitative estimate of drug-likeness (QED) is 0.285. The highest BCUT2D eigenvalue weighted by atomic mass is 16.4. The number of likely N-dealkylation sites (N-methyl/N-ethyl adjacent to an activating group) is 1. The average molecular weight is 193 g/mol. The lowest BCUT2D eigenvalue weighted by molar-refractivity contribution is -0.119. The van der Waals surface area contributed by atoms with Crippen molar-refractivity contribution in [2.45, 2.75) is 24.4 Å². The Balaban J connectivity index is 4.21. The predicted molar refractivity (Wildman–Crippen MR) is 44.0 cm³/mol. The summed E-state index contributed by atoms with van der Waals surface area (Å²) in [5, 5.41) is 38.2. The van der Waals surface area contributed by atoms with Crippen LogP contribution in [0.5, 0.6) is 0 Å². The summed E-state index contributed by atoms with van der Waals surface area (Å²) in [6, 6.07) is -0.962. The van der Waals surface area contributed by atoms with Crippen molar-refractivity contribution in [2.75, 3.05) is 13.7 Å². The van der Waals surface area contributed by atoms with Crippen molar-refractivity contribution < 1.29 is 25.2 Å². The van der Waals surface area contributed by atoms with Crippen molar-refractivity contribution in [1.29, 1.82) is 0 Å². The third-order valence-electron chi connectivity index (χ3n) is 1.78. The third kappa shape index (κ3) is 3.37. The van der Waals surface area contributed by atoms with Crippen LogP contribution in [0.15, 0.2) is 0 Å². The molecule has 78 valence electrons. The van der Waals surface area contributed by atoms with Crippen molar-refractivity contribution in [3.8, 4) is 0 Å². The van der Waals surface area contributed by atoms with Crippen LogP contribution in [0.2, 0.25) is 0 Å². The standard InChI is InChI=1S/C7H15NO5/c1-8-4(2-9)6(12)7(13)5(11)3-10/h2,4-8,10-13H,3H2,1H3/t4-,5+,6+,7+/m1/s1. The van der Waals surface area contributed by atoms with E-state index < -0.39 is 31.0 Å². The number of hydrogen-bond donors (Lipinski definition) is 5. The first-order valence-electron chi connectivity index (χ1n) is 3.86. The maximum Gasteiger partial charge on any atom is 0.139 e. The van der Waals surface area contributed by atoms with Gasteiger partial charge in [-0.15, -0.1) is 0 Å². The summed E-state index contributed by atoms with van der Waals surface area (Å²) in [5.74, 6) is 0. The predicted octanol–water partition coefficient (Wildman–Crippen LogP) is -3.15. The molecule has 0 heterocycles. The van der Waals surface area contributed by atoms with Crippen LogP contribution in [-0.2, 0) is 4.79 Å². The Labute approximate surface area is 75.8 Å². The van der Waals surface area contributed by atoms with Crippen LogP contribution < -0.4 is 5.32 Å². The van der Waals surface area contributed by atoms with Crippen molar-refractivity contribution in [3.63, 3.8) is 0 Å². The maximum atomic E-state index is 10.3. The highest BCUT2D eigenvalue weighted by Gasteiger charge is 2.29. The molecule has 0 unspecified atom stereocenters. The molecule has 0 rings (SSSR count). The van der Waals surface area contributed by atoms with E-state index >= 15 is 0 Å². The van der Waals surface area contributed by atoms with E-state index in [0.717, 1.165) is 0 Å². The zero-order chi connectivity index (χ0) is 10.4. The fourth-order valence-corrected chi connectivity index (χ4v) is 0.867. The highest BCUT2D eigenvalue weighted by molar-refractivity contribution is 5.58. The summed E-state index contributed by atoms with van der Waals surface area (Å²) in [6.45, 7) is -0.673. The Hall–Kier alpha value is -0.530. The number of rotatable bonds is 6. The van der Waals surface area contributed by atoms with E-state index in [2.05, 4.69) is 5.32 Å². The topological polar surface area (TPSA) is 110 Å². The van der Waals surface area contributed by atoms with E-state index in [-0.39, 0.29) is 0 Å². The second kappa shape index (κ2) is 6.01. The summed E-state index contributed by atoms with van der Waals surface area (Å²) in [5.41, 5.74) is 0. The van der Waals surface area contributed by atoms with Crippen LogP contribution in [0.4, 0.5) is 0 Å². The molecule has 4 atom stereocenters. The van der Waals surface area contributed by atoms with Gasteiger partial charge in [0.1, 0.15) is 24.6 Å². The van der Waals surface area contributed by atoms with Crippen molar-refractivity contribution in [2.24, 2.45) is 0 Å². The highest BCUT2D eigenvalue weighted by Crippen LogP contribution is 2.03. The lowest BCUT2D eigenvalue weighted by Crippen LogP contribution is -2.51. The minimum atomic E-state index is -1.55. The lowest BCUT2D eigenvalue weighted by Gasteiger charge is -2.25.